The molecule has 0 aromatic carbocycles. The summed E-state index contributed by atoms with van der Waals surface area (Å²) < 4.78 is 0. The molecular formula is C15H25N3. The molecule has 3 heteroatoms. The first-order valence-electron chi connectivity index (χ1n) is 7.24. The highest BCUT2D eigenvalue weighted by molar-refractivity contribution is 5.54. The van der Waals surface area contributed by atoms with Gasteiger partial charge >= 0.3 is 0 Å². The largest absolute Gasteiger partial charge is 0.371 e. The van der Waals surface area contributed by atoms with Crippen LogP contribution in [0.15, 0.2) is 18.3 Å². The van der Waals surface area contributed by atoms with Gasteiger partial charge in [0.25, 0.3) is 0 Å². The Morgan fingerprint density at radius 2 is 2.00 bits per heavy atom. The van der Waals surface area contributed by atoms with Gasteiger partial charge in [-0.25, -0.2) is 4.98 Å². The van der Waals surface area contributed by atoms with Gasteiger partial charge in [-0.3, -0.25) is 0 Å². The predicted molar refractivity (Wildman–Crippen MR) is 78.3 cm³/mol. The standard InChI is InChI=1S/C15H25N3/c1-3-16-15-12-14(10-11-17-15)18(2)13-8-6-4-5-7-9-13/h10-13H,3-9H2,1-2H3,(H,16,17). The van der Waals surface area contributed by atoms with Gasteiger partial charge in [-0.2, -0.15) is 0 Å². The molecule has 1 heterocycles. The van der Waals surface area contributed by atoms with E-state index in [4.69, 9.17) is 0 Å². The van der Waals surface area contributed by atoms with Crippen LogP contribution in [0.1, 0.15) is 45.4 Å². The van der Waals surface area contributed by atoms with Crippen LogP contribution in [0.5, 0.6) is 0 Å². The van der Waals surface area contributed by atoms with E-state index >= 15 is 0 Å². The third-order valence-corrected chi connectivity index (χ3v) is 3.88. The van der Waals surface area contributed by atoms with Gasteiger partial charge in [0.2, 0.25) is 0 Å². The van der Waals surface area contributed by atoms with Crippen LogP contribution >= 0.6 is 0 Å². The Kier molecular flexibility index (Phi) is 4.85. The van der Waals surface area contributed by atoms with Gasteiger partial charge in [-0.15, -0.1) is 0 Å². The maximum Gasteiger partial charge on any atom is 0.127 e. The number of anilines is 2. The molecule has 1 N–H and O–H groups in total. The van der Waals surface area contributed by atoms with E-state index in [1.54, 1.807) is 0 Å². The Labute approximate surface area is 111 Å². The van der Waals surface area contributed by atoms with Crippen molar-refractivity contribution >= 4 is 11.5 Å². The highest BCUT2D eigenvalue weighted by Crippen LogP contribution is 2.26. The molecule has 0 radical (unpaired) electrons. The highest BCUT2D eigenvalue weighted by Gasteiger charge is 2.17. The van der Waals surface area contributed by atoms with E-state index in [2.05, 4.69) is 41.3 Å². The van der Waals surface area contributed by atoms with Gasteiger partial charge in [0.15, 0.2) is 0 Å². The van der Waals surface area contributed by atoms with Gasteiger partial charge in [-0.05, 0) is 25.8 Å². The maximum absolute atomic E-state index is 4.34. The molecule has 0 amide bonds. The first-order chi connectivity index (χ1) is 8.81. The first-order valence-corrected chi connectivity index (χ1v) is 7.24. The highest BCUT2D eigenvalue weighted by atomic mass is 15.1. The van der Waals surface area contributed by atoms with E-state index < -0.39 is 0 Å². The van der Waals surface area contributed by atoms with E-state index in [0.717, 1.165) is 12.4 Å². The minimum absolute atomic E-state index is 0.698. The van der Waals surface area contributed by atoms with E-state index in [1.165, 1.54) is 44.2 Å². The molecule has 1 aromatic heterocycles. The molecule has 0 bridgehead atoms. The monoisotopic (exact) mass is 247 g/mol. The lowest BCUT2D eigenvalue weighted by Gasteiger charge is -2.29. The Bertz CT molecular complexity index is 357. The molecule has 0 aliphatic heterocycles. The van der Waals surface area contributed by atoms with Gasteiger partial charge < -0.3 is 10.2 Å². The first kappa shape index (κ1) is 13.2. The van der Waals surface area contributed by atoms with Crippen molar-refractivity contribution in [3.63, 3.8) is 0 Å². The Balaban J connectivity index is 2.06. The van der Waals surface area contributed by atoms with Crippen molar-refractivity contribution in [3.05, 3.63) is 18.3 Å². The van der Waals surface area contributed by atoms with Crippen molar-refractivity contribution in [1.82, 2.24) is 4.98 Å². The Hall–Kier alpha value is -1.25. The van der Waals surface area contributed by atoms with Gasteiger partial charge in [0.1, 0.15) is 5.82 Å². The predicted octanol–water partition coefficient (Wildman–Crippen LogP) is 3.67. The van der Waals surface area contributed by atoms with Crippen molar-refractivity contribution in [2.45, 2.75) is 51.5 Å². The lowest BCUT2D eigenvalue weighted by molar-refractivity contribution is 0.553. The molecule has 1 aromatic rings. The number of aromatic nitrogens is 1. The molecule has 18 heavy (non-hydrogen) atoms. The van der Waals surface area contributed by atoms with Crippen LogP contribution in [0.3, 0.4) is 0 Å². The van der Waals surface area contributed by atoms with E-state index in [-0.39, 0.29) is 0 Å². The molecule has 1 aliphatic carbocycles. The number of rotatable bonds is 4. The maximum atomic E-state index is 4.34. The third kappa shape index (κ3) is 3.37. The number of nitrogens with one attached hydrogen (secondary N) is 1. The minimum Gasteiger partial charge on any atom is -0.371 e. The Morgan fingerprint density at radius 3 is 2.67 bits per heavy atom. The summed E-state index contributed by atoms with van der Waals surface area (Å²) >= 11 is 0. The quantitative estimate of drug-likeness (QED) is 0.823. The molecule has 1 saturated carbocycles. The van der Waals surface area contributed by atoms with Crippen LogP contribution < -0.4 is 10.2 Å². The molecule has 3 nitrogen and oxygen atoms in total. The summed E-state index contributed by atoms with van der Waals surface area (Å²) in [6, 6.07) is 4.98. The summed E-state index contributed by atoms with van der Waals surface area (Å²) in [5, 5.41) is 3.28. The third-order valence-electron chi connectivity index (χ3n) is 3.88. The van der Waals surface area contributed by atoms with Crippen molar-refractivity contribution in [1.29, 1.82) is 0 Å². The van der Waals surface area contributed by atoms with Crippen molar-refractivity contribution in [3.8, 4) is 0 Å². The molecule has 100 valence electrons. The SMILES string of the molecule is CCNc1cc(N(C)C2CCCCCC2)ccn1. The average Bonchev–Trinajstić information content (AvgIpc) is 2.67. The summed E-state index contributed by atoms with van der Waals surface area (Å²) in [5.41, 5.74) is 1.29. The summed E-state index contributed by atoms with van der Waals surface area (Å²) in [7, 11) is 2.22. The fourth-order valence-electron chi connectivity index (χ4n) is 2.77. The topological polar surface area (TPSA) is 28.2 Å². The van der Waals surface area contributed by atoms with Gasteiger partial charge in [0.05, 0.1) is 0 Å². The summed E-state index contributed by atoms with van der Waals surface area (Å²) in [6.07, 6.45) is 10.1. The lowest BCUT2D eigenvalue weighted by Crippen LogP contribution is -2.31. The number of hydrogen-bond acceptors (Lipinski definition) is 3. The second kappa shape index (κ2) is 6.62. The fraction of sp³-hybridized carbons (Fsp3) is 0.667. The van der Waals surface area contributed by atoms with Crippen LogP contribution in [-0.4, -0.2) is 24.6 Å². The molecule has 0 atom stereocenters. The number of hydrogen-bond donors (Lipinski definition) is 1. The molecule has 0 saturated heterocycles. The zero-order chi connectivity index (χ0) is 12.8. The lowest BCUT2D eigenvalue weighted by atomic mass is 10.1. The second-order valence-electron chi connectivity index (χ2n) is 5.19. The zero-order valence-electron chi connectivity index (χ0n) is 11.7. The van der Waals surface area contributed by atoms with Gasteiger partial charge in [0, 0.05) is 37.6 Å². The zero-order valence-corrected chi connectivity index (χ0v) is 11.7. The van der Waals surface area contributed by atoms with E-state index in [0.29, 0.717) is 6.04 Å². The Morgan fingerprint density at radius 1 is 1.28 bits per heavy atom. The van der Waals surface area contributed by atoms with Crippen LogP contribution in [-0.2, 0) is 0 Å². The van der Waals surface area contributed by atoms with Crippen molar-refractivity contribution in [2.24, 2.45) is 0 Å². The van der Waals surface area contributed by atoms with Crippen LogP contribution in [0.25, 0.3) is 0 Å². The molecule has 1 fully saturated rings. The summed E-state index contributed by atoms with van der Waals surface area (Å²) in [6.45, 7) is 3.02. The fourth-order valence-corrected chi connectivity index (χ4v) is 2.77. The average molecular weight is 247 g/mol. The van der Waals surface area contributed by atoms with Crippen LogP contribution in [0.4, 0.5) is 11.5 Å². The second-order valence-corrected chi connectivity index (χ2v) is 5.19. The molecular weight excluding hydrogens is 222 g/mol. The molecule has 0 unspecified atom stereocenters. The van der Waals surface area contributed by atoms with Crippen LogP contribution in [0, 0.1) is 0 Å². The van der Waals surface area contributed by atoms with E-state index in [9.17, 15) is 0 Å². The van der Waals surface area contributed by atoms with Crippen LogP contribution in [0.2, 0.25) is 0 Å². The van der Waals surface area contributed by atoms with Gasteiger partial charge in [-0.1, -0.05) is 25.7 Å². The summed E-state index contributed by atoms with van der Waals surface area (Å²) in [5.74, 6) is 0.982. The molecule has 1 aliphatic rings. The number of pyridine rings is 1. The van der Waals surface area contributed by atoms with Crippen molar-refractivity contribution in [2.75, 3.05) is 23.8 Å². The molecule has 2 rings (SSSR count). The molecule has 0 spiro atoms. The number of nitrogens with zero attached hydrogens (tertiary/aromatic N) is 2. The normalized spacial score (nSPS) is 17.2. The minimum atomic E-state index is 0.698. The smallest absolute Gasteiger partial charge is 0.127 e. The summed E-state index contributed by atoms with van der Waals surface area (Å²) in [4.78, 5) is 6.78. The van der Waals surface area contributed by atoms with Crippen molar-refractivity contribution < 1.29 is 0 Å². The van der Waals surface area contributed by atoms with E-state index in [1.807, 2.05) is 6.20 Å².